The van der Waals surface area contributed by atoms with Crippen molar-refractivity contribution in [3.8, 4) is 5.88 Å². The zero-order chi connectivity index (χ0) is 28.8. The van der Waals surface area contributed by atoms with Crippen LogP contribution in [0.25, 0.3) is 11.0 Å². The average molecular weight is 589 g/mol. The Labute approximate surface area is 244 Å². The van der Waals surface area contributed by atoms with Gasteiger partial charge in [-0.05, 0) is 42.8 Å². The first-order chi connectivity index (χ1) is 20.4. The Bertz CT molecular complexity index is 1790. The topological polar surface area (TPSA) is 108 Å². The standard InChI is InChI=1S/C30H26ClFN6O4/c31-21-6-4-19(23(32)11-21)17-42-29-3-1-2-27(34-29)36-12-20-13-37(35-25(20)15-36)16-28-33-24-7-5-18(30(39)40)10-26(24)38(28)14-22-8-9-41-22/h1-7,10-11,13,22H,8-9,12,14-17H2,(H,39,40)/t22-/m0/s1. The lowest BCUT2D eigenvalue weighted by Gasteiger charge is -2.27. The number of fused-ring (bicyclic) bond motifs is 2. The van der Waals surface area contributed by atoms with E-state index >= 15 is 0 Å². The van der Waals surface area contributed by atoms with E-state index in [0.717, 1.165) is 47.0 Å². The van der Waals surface area contributed by atoms with Crippen LogP contribution in [-0.2, 0) is 37.5 Å². The molecule has 1 fully saturated rings. The van der Waals surface area contributed by atoms with Crippen LogP contribution in [0.4, 0.5) is 10.2 Å². The molecule has 1 saturated heterocycles. The molecule has 0 aliphatic carbocycles. The Balaban J connectivity index is 1.06. The third-order valence-corrected chi connectivity index (χ3v) is 7.84. The fourth-order valence-corrected chi connectivity index (χ4v) is 5.47. The second-order valence-corrected chi connectivity index (χ2v) is 10.9. The highest BCUT2D eigenvalue weighted by Crippen LogP contribution is 2.29. The van der Waals surface area contributed by atoms with Crippen LogP contribution < -0.4 is 9.64 Å². The average Bonchev–Trinajstić information content (AvgIpc) is 3.61. The van der Waals surface area contributed by atoms with Crippen molar-refractivity contribution in [3.05, 3.63) is 99.8 Å². The molecule has 2 aromatic carbocycles. The monoisotopic (exact) mass is 588 g/mol. The maximum atomic E-state index is 14.1. The molecule has 0 saturated carbocycles. The molecule has 10 nitrogen and oxygen atoms in total. The van der Waals surface area contributed by atoms with Crippen molar-refractivity contribution in [1.82, 2.24) is 24.3 Å². The van der Waals surface area contributed by atoms with Crippen LogP contribution >= 0.6 is 11.6 Å². The van der Waals surface area contributed by atoms with Gasteiger partial charge in [0.2, 0.25) is 5.88 Å². The number of benzene rings is 2. The first kappa shape index (κ1) is 26.4. The second kappa shape index (κ2) is 10.7. The van der Waals surface area contributed by atoms with Crippen LogP contribution in [0.3, 0.4) is 0 Å². The minimum absolute atomic E-state index is 0.0432. The molecule has 12 heteroatoms. The summed E-state index contributed by atoms with van der Waals surface area (Å²) in [5, 5.41) is 14.7. The molecule has 0 amide bonds. The van der Waals surface area contributed by atoms with E-state index in [1.54, 1.807) is 36.4 Å². The van der Waals surface area contributed by atoms with Crippen LogP contribution in [0.15, 0.2) is 60.8 Å². The van der Waals surface area contributed by atoms with Crippen LogP contribution in [0.2, 0.25) is 5.02 Å². The summed E-state index contributed by atoms with van der Waals surface area (Å²) in [4.78, 5) is 23.1. The van der Waals surface area contributed by atoms with E-state index in [4.69, 9.17) is 31.2 Å². The molecule has 1 N–H and O–H groups in total. The number of nitrogens with zero attached hydrogens (tertiary/aromatic N) is 6. The van der Waals surface area contributed by atoms with Gasteiger partial charge in [-0.25, -0.2) is 14.2 Å². The van der Waals surface area contributed by atoms with Crippen molar-refractivity contribution < 1.29 is 23.8 Å². The Kier molecular flexibility index (Phi) is 6.75. The Hall–Kier alpha value is -4.48. The Morgan fingerprint density at radius 2 is 2.02 bits per heavy atom. The predicted octanol–water partition coefficient (Wildman–Crippen LogP) is 5.05. The van der Waals surface area contributed by atoms with E-state index < -0.39 is 11.8 Å². The van der Waals surface area contributed by atoms with Crippen molar-refractivity contribution in [2.24, 2.45) is 0 Å². The number of rotatable bonds is 9. The van der Waals surface area contributed by atoms with Gasteiger partial charge in [-0.15, -0.1) is 0 Å². The lowest BCUT2D eigenvalue weighted by molar-refractivity contribution is -0.0590. The van der Waals surface area contributed by atoms with Crippen molar-refractivity contribution >= 4 is 34.4 Å². The highest BCUT2D eigenvalue weighted by Gasteiger charge is 2.26. The molecular weight excluding hydrogens is 563 g/mol. The quantitative estimate of drug-likeness (QED) is 0.255. The largest absolute Gasteiger partial charge is 0.478 e. The summed E-state index contributed by atoms with van der Waals surface area (Å²) in [6.45, 7) is 3.05. The fraction of sp³-hybridized carbons (Fsp3) is 0.267. The summed E-state index contributed by atoms with van der Waals surface area (Å²) in [6.07, 6.45) is 3.07. The number of carbonyl (C=O) groups is 1. The number of pyridine rings is 1. The van der Waals surface area contributed by atoms with Gasteiger partial charge in [-0.2, -0.15) is 10.1 Å². The number of hydrogen-bond acceptors (Lipinski definition) is 7. The van der Waals surface area contributed by atoms with Crippen molar-refractivity contribution in [1.29, 1.82) is 0 Å². The van der Waals surface area contributed by atoms with E-state index in [0.29, 0.717) is 42.6 Å². The SMILES string of the molecule is O=C(O)c1ccc2nc(Cn3cc4c(n3)CN(c3cccc(OCc5ccc(Cl)cc5F)n3)C4)n(C[C@@H]3CCO3)c2c1. The third-order valence-electron chi connectivity index (χ3n) is 7.61. The highest BCUT2D eigenvalue weighted by molar-refractivity contribution is 6.30. The molecule has 1 atom stereocenters. The van der Waals surface area contributed by atoms with E-state index in [-0.39, 0.29) is 18.3 Å². The normalized spacial score (nSPS) is 16.0. The number of imidazole rings is 1. The van der Waals surface area contributed by atoms with Crippen molar-refractivity contribution in [2.45, 2.75) is 45.3 Å². The van der Waals surface area contributed by atoms with Gasteiger partial charge in [0.05, 0.1) is 48.0 Å². The number of carboxylic acids is 1. The molecule has 3 aromatic heterocycles. The van der Waals surface area contributed by atoms with Gasteiger partial charge in [-0.1, -0.05) is 23.7 Å². The van der Waals surface area contributed by atoms with Gasteiger partial charge in [0.1, 0.15) is 24.1 Å². The lowest BCUT2D eigenvalue weighted by atomic mass is 10.1. The van der Waals surface area contributed by atoms with E-state index in [1.807, 2.05) is 23.0 Å². The maximum Gasteiger partial charge on any atom is 0.335 e. The minimum Gasteiger partial charge on any atom is -0.478 e. The lowest BCUT2D eigenvalue weighted by Crippen LogP contribution is -2.32. The molecule has 2 aliphatic heterocycles. The second-order valence-electron chi connectivity index (χ2n) is 10.4. The summed E-state index contributed by atoms with van der Waals surface area (Å²) in [6, 6.07) is 15.0. The van der Waals surface area contributed by atoms with Gasteiger partial charge in [0, 0.05) is 41.6 Å². The molecule has 0 bridgehead atoms. The van der Waals surface area contributed by atoms with E-state index in [9.17, 15) is 14.3 Å². The maximum absolute atomic E-state index is 14.1. The molecule has 5 aromatic rings. The van der Waals surface area contributed by atoms with Crippen molar-refractivity contribution in [2.75, 3.05) is 11.5 Å². The number of halogens is 2. The molecule has 0 radical (unpaired) electrons. The molecule has 42 heavy (non-hydrogen) atoms. The Morgan fingerprint density at radius 3 is 2.79 bits per heavy atom. The third kappa shape index (κ3) is 5.17. The van der Waals surface area contributed by atoms with Crippen LogP contribution in [-0.4, -0.2) is 48.1 Å². The van der Waals surface area contributed by atoms with E-state index in [2.05, 4.69) is 14.5 Å². The highest BCUT2D eigenvalue weighted by atomic mass is 35.5. The summed E-state index contributed by atoms with van der Waals surface area (Å²) in [5.74, 6) is 0.547. The number of carboxylic acid groups (broad SMARTS) is 1. The first-order valence-electron chi connectivity index (χ1n) is 13.6. The van der Waals surface area contributed by atoms with Gasteiger partial charge in [-0.3, -0.25) is 4.68 Å². The van der Waals surface area contributed by atoms with Gasteiger partial charge >= 0.3 is 5.97 Å². The molecular formula is C30H26ClFN6O4. The fourth-order valence-electron chi connectivity index (χ4n) is 5.31. The first-order valence-corrected chi connectivity index (χ1v) is 14.0. The Morgan fingerprint density at radius 1 is 1.14 bits per heavy atom. The minimum atomic E-state index is -0.971. The number of ether oxygens (including phenoxy) is 2. The summed E-state index contributed by atoms with van der Waals surface area (Å²) >= 11 is 5.84. The number of hydrogen-bond donors (Lipinski definition) is 1. The van der Waals surface area contributed by atoms with Gasteiger partial charge in [0.25, 0.3) is 0 Å². The zero-order valence-electron chi connectivity index (χ0n) is 22.4. The van der Waals surface area contributed by atoms with Crippen LogP contribution in [0, 0.1) is 5.82 Å². The van der Waals surface area contributed by atoms with Crippen molar-refractivity contribution in [3.63, 3.8) is 0 Å². The van der Waals surface area contributed by atoms with E-state index in [1.165, 1.54) is 6.07 Å². The van der Waals surface area contributed by atoms with Gasteiger partial charge in [0.15, 0.2) is 0 Å². The summed E-state index contributed by atoms with van der Waals surface area (Å²) in [7, 11) is 0. The number of anilines is 1. The summed E-state index contributed by atoms with van der Waals surface area (Å²) < 4.78 is 29.5. The number of aromatic nitrogens is 5. The zero-order valence-corrected chi connectivity index (χ0v) is 23.2. The van der Waals surface area contributed by atoms with Crippen LogP contribution in [0.1, 0.15) is 39.4 Å². The molecule has 0 unspecified atom stereocenters. The predicted molar refractivity (Wildman–Crippen MR) is 152 cm³/mol. The molecule has 7 rings (SSSR count). The smallest absolute Gasteiger partial charge is 0.335 e. The summed E-state index contributed by atoms with van der Waals surface area (Å²) in [5.41, 5.74) is 4.18. The van der Waals surface area contributed by atoms with Gasteiger partial charge < -0.3 is 24.0 Å². The molecule has 5 heterocycles. The molecule has 2 aliphatic rings. The molecule has 0 spiro atoms. The number of aromatic carboxylic acids is 1. The van der Waals surface area contributed by atoms with Crippen LogP contribution in [0.5, 0.6) is 5.88 Å². The molecule has 214 valence electrons.